The molecule has 0 atom stereocenters. The molecule has 2 rings (SSSR count). The van der Waals surface area contributed by atoms with Gasteiger partial charge < -0.3 is 18.9 Å². The van der Waals surface area contributed by atoms with Gasteiger partial charge in [0.2, 0.25) is 5.75 Å². The lowest BCUT2D eigenvalue weighted by Gasteiger charge is -2.15. The van der Waals surface area contributed by atoms with E-state index >= 15 is 0 Å². The molecule has 2 amide bonds. The topological polar surface area (TPSA) is 95.1 Å². The van der Waals surface area contributed by atoms with Crippen LogP contribution in [0.5, 0.6) is 23.0 Å². The zero-order chi connectivity index (χ0) is 22.6. The molecule has 0 heterocycles. The molecule has 2 aromatic carbocycles. The fourth-order valence-corrected chi connectivity index (χ4v) is 2.95. The fourth-order valence-electron chi connectivity index (χ4n) is 2.95. The molecular formula is C23H30N2O6. The number of carbonyl (C=O) groups is 2. The third-order valence-corrected chi connectivity index (χ3v) is 4.62. The Morgan fingerprint density at radius 3 is 2.06 bits per heavy atom. The van der Waals surface area contributed by atoms with Crippen LogP contribution in [0, 0.1) is 0 Å². The van der Waals surface area contributed by atoms with Gasteiger partial charge in [0.15, 0.2) is 11.5 Å². The summed E-state index contributed by atoms with van der Waals surface area (Å²) in [5.41, 5.74) is 5.35. The molecule has 0 radical (unpaired) electrons. The van der Waals surface area contributed by atoms with E-state index in [4.69, 9.17) is 18.9 Å². The van der Waals surface area contributed by atoms with Gasteiger partial charge in [-0.25, -0.2) is 0 Å². The van der Waals surface area contributed by atoms with Crippen LogP contribution in [0.15, 0.2) is 36.4 Å². The third-order valence-electron chi connectivity index (χ3n) is 4.62. The van der Waals surface area contributed by atoms with Crippen molar-refractivity contribution in [1.29, 1.82) is 0 Å². The summed E-state index contributed by atoms with van der Waals surface area (Å²) in [5.74, 6) is 0.600. The number of amides is 2. The lowest BCUT2D eigenvalue weighted by atomic mass is 10.1. The van der Waals surface area contributed by atoms with Crippen molar-refractivity contribution >= 4 is 11.8 Å². The highest BCUT2D eigenvalue weighted by atomic mass is 16.5. The second kappa shape index (κ2) is 12.3. The number of hydrogen-bond donors (Lipinski definition) is 2. The maximum atomic E-state index is 12.6. The molecule has 0 aliphatic heterocycles. The van der Waals surface area contributed by atoms with Gasteiger partial charge in [0.25, 0.3) is 11.8 Å². The first-order chi connectivity index (χ1) is 15.0. The summed E-state index contributed by atoms with van der Waals surface area (Å²) in [7, 11) is 4.35. The second-order valence-corrected chi connectivity index (χ2v) is 6.72. The number of hydrazine groups is 1. The summed E-state index contributed by atoms with van der Waals surface area (Å²) in [6.07, 6.45) is 4.52. The first-order valence-corrected chi connectivity index (χ1v) is 10.2. The van der Waals surface area contributed by atoms with E-state index in [1.54, 1.807) is 30.3 Å². The fraction of sp³-hybridized carbons (Fsp3) is 0.391. The van der Waals surface area contributed by atoms with E-state index in [1.165, 1.54) is 40.2 Å². The minimum absolute atomic E-state index is 0.187. The van der Waals surface area contributed by atoms with Crippen molar-refractivity contribution in [3.8, 4) is 23.0 Å². The van der Waals surface area contributed by atoms with Crippen molar-refractivity contribution < 1.29 is 28.5 Å². The summed E-state index contributed by atoms with van der Waals surface area (Å²) in [6.45, 7) is 2.81. The molecule has 8 nitrogen and oxygen atoms in total. The van der Waals surface area contributed by atoms with E-state index in [2.05, 4.69) is 17.8 Å². The molecule has 2 aromatic rings. The average Bonchev–Trinajstić information content (AvgIpc) is 2.81. The van der Waals surface area contributed by atoms with Crippen LogP contribution in [0.4, 0.5) is 0 Å². The van der Waals surface area contributed by atoms with Crippen molar-refractivity contribution in [3.05, 3.63) is 47.5 Å². The highest BCUT2D eigenvalue weighted by Crippen LogP contribution is 2.39. The van der Waals surface area contributed by atoms with E-state index in [9.17, 15) is 9.59 Å². The van der Waals surface area contributed by atoms with Gasteiger partial charge >= 0.3 is 0 Å². The van der Waals surface area contributed by atoms with E-state index < -0.39 is 11.8 Å². The smallest absolute Gasteiger partial charge is 0.273 e. The van der Waals surface area contributed by atoms with Gasteiger partial charge in [-0.05, 0) is 42.8 Å². The summed E-state index contributed by atoms with van der Waals surface area (Å²) < 4.78 is 21.4. The lowest BCUT2D eigenvalue weighted by molar-refractivity contribution is 0.0844. The van der Waals surface area contributed by atoms with Crippen molar-refractivity contribution in [2.45, 2.75) is 32.6 Å². The largest absolute Gasteiger partial charge is 0.494 e. The van der Waals surface area contributed by atoms with Gasteiger partial charge in [-0.15, -0.1) is 0 Å². The predicted octanol–water partition coefficient (Wildman–Crippen LogP) is 3.75. The molecule has 31 heavy (non-hydrogen) atoms. The monoisotopic (exact) mass is 430 g/mol. The van der Waals surface area contributed by atoms with Crippen LogP contribution in [0.3, 0.4) is 0 Å². The van der Waals surface area contributed by atoms with Crippen LogP contribution in [0.1, 0.15) is 53.3 Å². The number of unbranched alkanes of at least 4 members (excludes halogenated alkanes) is 3. The molecule has 0 bridgehead atoms. The molecule has 2 N–H and O–H groups in total. The molecule has 0 aliphatic carbocycles. The van der Waals surface area contributed by atoms with E-state index in [0.29, 0.717) is 23.7 Å². The van der Waals surface area contributed by atoms with Crippen molar-refractivity contribution in [1.82, 2.24) is 10.9 Å². The Kier molecular flexibility index (Phi) is 9.48. The van der Waals surface area contributed by atoms with Crippen molar-refractivity contribution in [2.75, 3.05) is 27.9 Å². The molecular weight excluding hydrogens is 400 g/mol. The van der Waals surface area contributed by atoms with Gasteiger partial charge in [-0.3, -0.25) is 20.4 Å². The quantitative estimate of drug-likeness (QED) is 0.417. The molecule has 8 heteroatoms. The molecule has 0 saturated heterocycles. The number of hydrogen-bond acceptors (Lipinski definition) is 6. The highest BCUT2D eigenvalue weighted by Gasteiger charge is 2.21. The number of benzene rings is 2. The summed E-state index contributed by atoms with van der Waals surface area (Å²) >= 11 is 0. The minimum atomic E-state index is -0.557. The normalized spacial score (nSPS) is 10.2. The third kappa shape index (κ3) is 6.53. The van der Waals surface area contributed by atoms with Crippen LogP contribution in [-0.2, 0) is 0 Å². The van der Waals surface area contributed by atoms with Gasteiger partial charge in [0.05, 0.1) is 33.5 Å². The Bertz CT molecular complexity index is 867. The van der Waals surface area contributed by atoms with E-state index in [-0.39, 0.29) is 17.1 Å². The molecule has 168 valence electrons. The summed E-state index contributed by atoms with van der Waals surface area (Å²) in [6, 6.07) is 9.84. The molecule has 0 unspecified atom stereocenters. The Morgan fingerprint density at radius 2 is 1.45 bits per heavy atom. The standard InChI is InChI=1S/C23H30N2O6/c1-5-6-7-8-15-31-17-11-9-16(10-12-17)22(26)24-25-23(27)18-13-14-19(28-2)21(30-4)20(18)29-3/h9-14H,5-8,15H2,1-4H3,(H,24,26)(H,25,27). The Labute approximate surface area is 182 Å². The van der Waals surface area contributed by atoms with Gasteiger partial charge in [0, 0.05) is 5.56 Å². The zero-order valence-corrected chi connectivity index (χ0v) is 18.4. The first-order valence-electron chi connectivity index (χ1n) is 10.2. The number of carbonyl (C=O) groups excluding carboxylic acids is 2. The number of methoxy groups -OCH3 is 3. The molecule has 0 aliphatic rings. The van der Waals surface area contributed by atoms with Crippen molar-refractivity contribution in [2.24, 2.45) is 0 Å². The maximum absolute atomic E-state index is 12.6. The van der Waals surface area contributed by atoms with Gasteiger partial charge in [-0.1, -0.05) is 26.2 Å². The molecule has 0 aromatic heterocycles. The number of ether oxygens (including phenoxy) is 4. The van der Waals surface area contributed by atoms with E-state index in [0.717, 1.165) is 12.8 Å². The van der Waals surface area contributed by atoms with Crippen LogP contribution in [0.25, 0.3) is 0 Å². The van der Waals surface area contributed by atoms with Crippen LogP contribution >= 0.6 is 0 Å². The number of nitrogens with one attached hydrogen (secondary N) is 2. The Hall–Kier alpha value is -3.42. The average molecular weight is 431 g/mol. The van der Waals surface area contributed by atoms with E-state index in [1.807, 2.05) is 0 Å². The maximum Gasteiger partial charge on any atom is 0.273 e. The second-order valence-electron chi connectivity index (χ2n) is 6.72. The first kappa shape index (κ1) is 23.9. The molecule has 0 fully saturated rings. The highest BCUT2D eigenvalue weighted by molar-refractivity contribution is 6.01. The van der Waals surface area contributed by atoms with Crippen LogP contribution in [-0.4, -0.2) is 39.8 Å². The van der Waals surface area contributed by atoms with Gasteiger partial charge in [0.1, 0.15) is 5.75 Å². The Balaban J connectivity index is 1.94. The van der Waals surface area contributed by atoms with Crippen LogP contribution < -0.4 is 29.8 Å². The zero-order valence-electron chi connectivity index (χ0n) is 18.4. The SMILES string of the molecule is CCCCCCOc1ccc(C(=O)NNC(=O)c2ccc(OC)c(OC)c2OC)cc1. The minimum Gasteiger partial charge on any atom is -0.494 e. The predicted molar refractivity (Wildman–Crippen MR) is 117 cm³/mol. The van der Waals surface area contributed by atoms with Crippen LogP contribution in [0.2, 0.25) is 0 Å². The lowest BCUT2D eigenvalue weighted by Crippen LogP contribution is -2.41. The molecule has 0 spiro atoms. The molecule has 0 saturated carbocycles. The summed E-state index contributed by atoms with van der Waals surface area (Å²) in [4.78, 5) is 24.9. The van der Waals surface area contributed by atoms with Gasteiger partial charge in [-0.2, -0.15) is 0 Å². The Morgan fingerprint density at radius 1 is 0.774 bits per heavy atom. The number of rotatable bonds is 11. The summed E-state index contributed by atoms with van der Waals surface area (Å²) in [5, 5.41) is 0. The van der Waals surface area contributed by atoms with Crippen molar-refractivity contribution in [3.63, 3.8) is 0 Å².